The number of anilines is 2. The van der Waals surface area contributed by atoms with E-state index in [1.165, 1.54) is 18.3 Å². The summed E-state index contributed by atoms with van der Waals surface area (Å²) >= 11 is 1.09. The molecule has 0 spiro atoms. The van der Waals surface area contributed by atoms with Crippen LogP contribution in [0, 0.1) is 0 Å². The number of nitrogens with one attached hydrogen (secondary N) is 2. The highest BCUT2D eigenvalue weighted by Gasteiger charge is 2.20. The molecule has 3 N–H and O–H groups in total. The van der Waals surface area contributed by atoms with Crippen molar-refractivity contribution in [3.8, 4) is 5.75 Å². The highest BCUT2D eigenvalue weighted by Crippen LogP contribution is 2.37. The lowest BCUT2D eigenvalue weighted by atomic mass is 9.92. The summed E-state index contributed by atoms with van der Waals surface area (Å²) in [6.07, 6.45) is 1.44. The third kappa shape index (κ3) is 7.10. The zero-order valence-corrected chi connectivity index (χ0v) is 20.2. The van der Waals surface area contributed by atoms with Gasteiger partial charge in [-0.3, -0.25) is 4.36 Å². The summed E-state index contributed by atoms with van der Waals surface area (Å²) in [5.41, 5.74) is 0.489. The predicted molar refractivity (Wildman–Crippen MR) is 122 cm³/mol. The minimum Gasteiger partial charge on any atom is -0.435 e. The van der Waals surface area contributed by atoms with Crippen LogP contribution in [0.15, 0.2) is 22.7 Å². The van der Waals surface area contributed by atoms with Crippen LogP contribution in [0.3, 0.4) is 0 Å². The lowest BCUT2D eigenvalue weighted by Crippen LogP contribution is -2.14. The summed E-state index contributed by atoms with van der Waals surface area (Å²) in [4.78, 5) is 17.0. The second kappa shape index (κ2) is 10.5. The Hall–Kier alpha value is -2.31. The number of hydrogen-bond acceptors (Lipinski definition) is 7. The first kappa shape index (κ1) is 25.9. The summed E-state index contributed by atoms with van der Waals surface area (Å²) in [7, 11) is -2.13. The number of amides is 2. The molecule has 2 aromatic rings. The topological polar surface area (TPSA) is 113 Å². The number of aromatic nitrogens is 1. The maximum Gasteiger partial charge on any atom is 0.387 e. The standard InChI is InChI=1S/C20H27F2N4O4S2/c1-10(2)13-7-12(30-17(21)22)8-14(11(3)4)16(13)24-18(27)25-32(29)26-19-23-9-15(31-19)20(5,6)28/h7-11,17,28H,1-6H3,(H2,23,24,25,26,27,29)/q-1. The van der Waals surface area contributed by atoms with E-state index >= 15 is 0 Å². The Morgan fingerprint density at radius 3 is 2.22 bits per heavy atom. The average Bonchev–Trinajstić information content (AvgIpc) is 3.10. The third-order valence-electron chi connectivity index (χ3n) is 4.32. The van der Waals surface area contributed by atoms with Gasteiger partial charge in [-0.15, -0.1) is 11.3 Å². The predicted octanol–water partition coefficient (Wildman–Crippen LogP) is 5.93. The number of urea groups is 1. The molecule has 178 valence electrons. The van der Waals surface area contributed by atoms with Gasteiger partial charge in [0, 0.05) is 11.9 Å². The van der Waals surface area contributed by atoms with E-state index in [0.29, 0.717) is 21.7 Å². The van der Waals surface area contributed by atoms with Gasteiger partial charge in [-0.2, -0.15) is 8.78 Å². The van der Waals surface area contributed by atoms with Crippen LogP contribution in [0.2, 0.25) is 0 Å². The van der Waals surface area contributed by atoms with Crippen molar-refractivity contribution in [2.75, 3.05) is 10.0 Å². The van der Waals surface area contributed by atoms with Gasteiger partial charge in [0.05, 0.1) is 10.5 Å². The smallest absolute Gasteiger partial charge is 0.387 e. The number of aliphatic hydroxyl groups is 1. The largest absolute Gasteiger partial charge is 0.435 e. The number of carbonyl (C=O) groups is 1. The SMILES string of the molecule is CC(C)c1cc(OC(F)F)cc(C(C)C)c1NC(=O)N=[S-](=O)Nc1ncc(C(C)(C)O)s1. The van der Waals surface area contributed by atoms with Gasteiger partial charge in [-0.05, 0) is 48.9 Å². The fourth-order valence-corrected chi connectivity index (χ4v) is 4.29. The molecule has 0 aliphatic carbocycles. The molecule has 0 radical (unpaired) electrons. The Labute approximate surface area is 191 Å². The molecule has 1 aromatic carbocycles. The molecule has 0 unspecified atom stereocenters. The van der Waals surface area contributed by atoms with Crippen molar-refractivity contribution in [1.82, 2.24) is 4.98 Å². The lowest BCUT2D eigenvalue weighted by molar-refractivity contribution is -0.0499. The van der Waals surface area contributed by atoms with E-state index in [9.17, 15) is 22.9 Å². The number of halogens is 2. The minimum atomic E-state index is -2.97. The molecule has 32 heavy (non-hydrogen) atoms. The summed E-state index contributed by atoms with van der Waals surface area (Å²) in [5.74, 6) is -0.245. The normalized spacial score (nSPS) is 13.1. The summed E-state index contributed by atoms with van der Waals surface area (Å²) in [6, 6.07) is 2.02. The van der Waals surface area contributed by atoms with E-state index in [2.05, 4.69) is 24.1 Å². The number of alkyl halides is 2. The highest BCUT2D eigenvalue weighted by molar-refractivity contribution is 7.76. The summed E-state index contributed by atoms with van der Waals surface area (Å²) in [5, 5.41) is 12.8. The van der Waals surface area contributed by atoms with Crippen LogP contribution in [-0.4, -0.2) is 22.7 Å². The summed E-state index contributed by atoms with van der Waals surface area (Å²) < 4.78 is 48.3. The van der Waals surface area contributed by atoms with E-state index in [-0.39, 0.29) is 22.7 Å². The second-order valence-corrected chi connectivity index (χ2v) is 10.0. The first-order valence-corrected chi connectivity index (χ1v) is 11.7. The maximum absolute atomic E-state index is 12.7. The Morgan fingerprint density at radius 1 is 1.22 bits per heavy atom. The average molecular weight is 490 g/mol. The van der Waals surface area contributed by atoms with Crippen LogP contribution in [0.5, 0.6) is 5.75 Å². The molecule has 1 heterocycles. The Morgan fingerprint density at radius 2 is 1.78 bits per heavy atom. The van der Waals surface area contributed by atoms with Crippen molar-refractivity contribution < 1.29 is 27.6 Å². The van der Waals surface area contributed by atoms with Crippen molar-refractivity contribution in [2.45, 2.75) is 65.6 Å². The monoisotopic (exact) mass is 489 g/mol. The molecule has 8 nitrogen and oxygen atoms in total. The first-order chi connectivity index (χ1) is 14.8. The van der Waals surface area contributed by atoms with Gasteiger partial charge >= 0.3 is 12.6 Å². The number of benzene rings is 1. The van der Waals surface area contributed by atoms with Crippen LogP contribution < -0.4 is 14.8 Å². The third-order valence-corrected chi connectivity index (χ3v) is 6.38. The van der Waals surface area contributed by atoms with Crippen LogP contribution >= 0.6 is 11.3 Å². The number of ether oxygens (including phenoxy) is 1. The van der Waals surface area contributed by atoms with Gasteiger partial charge in [0.1, 0.15) is 5.75 Å². The molecular formula is C20H27F2N4O4S2-. The molecule has 2 rings (SSSR count). The van der Waals surface area contributed by atoms with Crippen molar-refractivity contribution >= 4 is 39.0 Å². The molecule has 0 saturated heterocycles. The van der Waals surface area contributed by atoms with Crippen molar-refractivity contribution in [3.63, 3.8) is 0 Å². The fourth-order valence-electron chi connectivity index (χ4n) is 2.79. The zero-order chi connectivity index (χ0) is 24.2. The maximum atomic E-state index is 12.7. The number of hydrogen-bond donors (Lipinski definition) is 3. The molecule has 1 aromatic heterocycles. The molecule has 2 amide bonds. The van der Waals surface area contributed by atoms with E-state index in [1.807, 2.05) is 27.7 Å². The zero-order valence-electron chi connectivity index (χ0n) is 18.6. The number of rotatable bonds is 8. The quantitative estimate of drug-likeness (QED) is 0.398. The molecule has 0 fully saturated rings. The van der Waals surface area contributed by atoms with Crippen LogP contribution in [0.25, 0.3) is 0 Å². The van der Waals surface area contributed by atoms with E-state index in [1.54, 1.807) is 13.8 Å². The molecule has 0 atom stereocenters. The lowest BCUT2D eigenvalue weighted by Gasteiger charge is -2.21. The molecule has 0 aliphatic heterocycles. The highest BCUT2D eigenvalue weighted by atomic mass is 32.2. The van der Waals surface area contributed by atoms with Crippen LogP contribution in [0.1, 0.15) is 69.4 Å². The van der Waals surface area contributed by atoms with E-state index in [4.69, 9.17) is 0 Å². The van der Waals surface area contributed by atoms with Crippen LogP contribution in [0.4, 0.5) is 24.4 Å². The molecule has 12 heteroatoms. The number of carbonyl (C=O) groups excluding carboxylic acids is 1. The van der Waals surface area contributed by atoms with Gasteiger partial charge in [0.2, 0.25) is 0 Å². The first-order valence-electron chi connectivity index (χ1n) is 9.80. The Kier molecular flexibility index (Phi) is 8.54. The minimum absolute atomic E-state index is 0.000961. The van der Waals surface area contributed by atoms with Gasteiger partial charge in [-0.1, -0.05) is 38.5 Å². The van der Waals surface area contributed by atoms with Crippen molar-refractivity contribution in [1.29, 1.82) is 0 Å². The summed E-state index contributed by atoms with van der Waals surface area (Å²) in [6.45, 7) is 7.61. The molecular weight excluding hydrogens is 462 g/mol. The second-order valence-electron chi connectivity index (χ2n) is 8.13. The number of nitrogens with zero attached hydrogens (tertiary/aromatic N) is 2. The Balaban J connectivity index is 2.29. The Bertz CT molecular complexity index is 1010. The molecule has 0 aliphatic rings. The van der Waals surface area contributed by atoms with Crippen LogP contribution in [-0.2, 0) is 20.6 Å². The fraction of sp³-hybridized carbons (Fsp3) is 0.500. The van der Waals surface area contributed by atoms with Gasteiger partial charge in [0.25, 0.3) is 0 Å². The van der Waals surface area contributed by atoms with Crippen molar-refractivity contribution in [3.05, 3.63) is 34.3 Å². The van der Waals surface area contributed by atoms with E-state index in [0.717, 1.165) is 11.3 Å². The molecule has 0 saturated carbocycles. The van der Waals surface area contributed by atoms with E-state index < -0.39 is 29.0 Å². The van der Waals surface area contributed by atoms with Gasteiger partial charge in [-0.25, -0.2) is 9.78 Å². The van der Waals surface area contributed by atoms with Crippen molar-refractivity contribution in [2.24, 2.45) is 4.36 Å². The molecule has 0 bridgehead atoms. The van der Waals surface area contributed by atoms with Gasteiger partial charge in [0.15, 0.2) is 5.13 Å². The van der Waals surface area contributed by atoms with Gasteiger partial charge < -0.3 is 24.1 Å². The number of thiazole rings is 1.